The lowest BCUT2D eigenvalue weighted by Gasteiger charge is -2.41. The minimum atomic E-state index is -0.333. The lowest BCUT2D eigenvalue weighted by atomic mass is 9.95. The second-order valence-corrected chi connectivity index (χ2v) is 9.48. The van der Waals surface area contributed by atoms with Crippen LogP contribution in [-0.4, -0.2) is 65.9 Å². The van der Waals surface area contributed by atoms with E-state index in [1.54, 1.807) is 6.07 Å². The normalized spacial score (nSPS) is 18.6. The van der Waals surface area contributed by atoms with Crippen LogP contribution >= 0.6 is 0 Å². The van der Waals surface area contributed by atoms with Crippen molar-refractivity contribution in [1.29, 1.82) is 0 Å². The van der Waals surface area contributed by atoms with Crippen LogP contribution in [0.1, 0.15) is 56.7 Å². The molecule has 35 heavy (non-hydrogen) atoms. The number of oxime groups is 1. The molecule has 0 spiro atoms. The summed E-state index contributed by atoms with van der Waals surface area (Å²) < 4.78 is 15.2. The monoisotopic (exact) mass is 480 g/mol. The van der Waals surface area contributed by atoms with E-state index in [9.17, 15) is 10.0 Å². The third-order valence-corrected chi connectivity index (χ3v) is 7.54. The summed E-state index contributed by atoms with van der Waals surface area (Å²) in [7, 11) is 0. The van der Waals surface area contributed by atoms with Gasteiger partial charge < -0.3 is 15.0 Å². The van der Waals surface area contributed by atoms with E-state index in [2.05, 4.69) is 10.1 Å². The highest BCUT2D eigenvalue weighted by atomic mass is 19.1. The highest BCUT2D eigenvalue weighted by Crippen LogP contribution is 2.31. The van der Waals surface area contributed by atoms with E-state index in [4.69, 9.17) is 0 Å². The summed E-state index contributed by atoms with van der Waals surface area (Å²) in [6.07, 6.45) is 4.21. The topological polar surface area (TPSA) is 59.4 Å². The van der Waals surface area contributed by atoms with Crippen molar-refractivity contribution in [2.24, 2.45) is 11.1 Å². The van der Waals surface area contributed by atoms with E-state index in [0.717, 1.165) is 31.2 Å². The zero-order chi connectivity index (χ0) is 24.8. The molecule has 0 radical (unpaired) electrons. The Kier molecular flexibility index (Phi) is 8.39. The first-order valence-corrected chi connectivity index (χ1v) is 12.9. The summed E-state index contributed by atoms with van der Waals surface area (Å²) >= 11 is 0. The van der Waals surface area contributed by atoms with Gasteiger partial charge in [0.25, 0.3) is 0 Å². The van der Waals surface area contributed by atoms with Gasteiger partial charge in [-0.15, -0.1) is 0 Å². The minimum Gasteiger partial charge on any atom is -0.411 e. The molecule has 7 heteroatoms. The largest absolute Gasteiger partial charge is 0.411 e. The second kappa shape index (κ2) is 11.7. The number of anilines is 1. The summed E-state index contributed by atoms with van der Waals surface area (Å²) in [5, 5.41) is 13.1. The third-order valence-electron chi connectivity index (χ3n) is 7.54. The average molecular weight is 481 g/mol. The molecule has 0 aromatic heterocycles. The van der Waals surface area contributed by atoms with Crippen molar-refractivity contribution >= 4 is 17.3 Å². The van der Waals surface area contributed by atoms with Crippen molar-refractivity contribution < 1.29 is 14.4 Å². The second-order valence-electron chi connectivity index (χ2n) is 9.48. The maximum absolute atomic E-state index is 15.2. The van der Waals surface area contributed by atoms with E-state index >= 15 is 4.39 Å². The molecule has 0 bridgehead atoms. The molecule has 1 saturated heterocycles. The van der Waals surface area contributed by atoms with Gasteiger partial charge in [-0.05, 0) is 44.4 Å². The molecule has 2 fully saturated rings. The predicted molar refractivity (Wildman–Crippen MR) is 138 cm³/mol. The molecule has 2 aromatic carbocycles. The number of halogens is 1. The van der Waals surface area contributed by atoms with E-state index in [0.29, 0.717) is 56.2 Å². The Bertz CT molecular complexity index is 1010. The Morgan fingerprint density at radius 2 is 1.71 bits per heavy atom. The molecule has 2 aromatic rings. The summed E-state index contributed by atoms with van der Waals surface area (Å²) in [6.45, 7) is 7.97. The van der Waals surface area contributed by atoms with E-state index < -0.39 is 0 Å². The van der Waals surface area contributed by atoms with Crippen LogP contribution in [-0.2, 0) is 4.79 Å². The summed E-state index contributed by atoms with van der Waals surface area (Å²) in [5.41, 5.74) is 2.81. The van der Waals surface area contributed by atoms with Gasteiger partial charge in [-0.2, -0.15) is 0 Å². The number of likely N-dealkylation sites (N-methyl/N-ethyl adjacent to an activating group) is 1. The number of nitrogens with zero attached hydrogens (tertiary/aromatic N) is 4. The first-order valence-electron chi connectivity index (χ1n) is 12.9. The first kappa shape index (κ1) is 25.2. The SMILES string of the molecule is CCN(CC)C(=O)C(c1ccccc1)N1CCN(c2ccc(/C(=N/O)C3CCCC3)cc2F)CC1. The van der Waals surface area contributed by atoms with Crippen LogP contribution in [0.25, 0.3) is 0 Å². The fourth-order valence-corrected chi connectivity index (χ4v) is 5.57. The highest BCUT2D eigenvalue weighted by molar-refractivity contribution is 6.02. The Balaban J connectivity index is 1.48. The number of carbonyl (C=O) groups is 1. The van der Waals surface area contributed by atoms with Gasteiger partial charge >= 0.3 is 0 Å². The number of piperazine rings is 1. The average Bonchev–Trinajstić information content (AvgIpc) is 3.41. The Hall–Kier alpha value is -2.93. The van der Waals surface area contributed by atoms with Crippen molar-refractivity contribution in [1.82, 2.24) is 9.80 Å². The molecule has 1 N–H and O–H groups in total. The van der Waals surface area contributed by atoms with Crippen LogP contribution in [0.5, 0.6) is 0 Å². The van der Waals surface area contributed by atoms with Crippen LogP contribution in [0.15, 0.2) is 53.7 Å². The van der Waals surface area contributed by atoms with Crippen LogP contribution in [0.2, 0.25) is 0 Å². The molecule has 1 amide bonds. The number of hydrogen-bond donors (Lipinski definition) is 1. The maximum atomic E-state index is 15.2. The van der Waals surface area contributed by atoms with Crippen molar-refractivity contribution in [3.05, 3.63) is 65.5 Å². The Morgan fingerprint density at radius 3 is 2.29 bits per heavy atom. The van der Waals surface area contributed by atoms with Gasteiger partial charge in [-0.3, -0.25) is 9.69 Å². The fourth-order valence-electron chi connectivity index (χ4n) is 5.57. The standard InChI is InChI=1S/C28H37FN4O2/c1-3-31(4-2)28(34)27(22-12-6-5-7-13-22)33-18-16-32(17-19-33)25-15-14-23(20-24(25)29)26(30-35)21-10-8-9-11-21/h5-7,12-15,20-21,27,35H,3-4,8-11,16-19H2,1-2H3/b30-26+. The van der Waals surface area contributed by atoms with Crippen molar-refractivity contribution in [3.63, 3.8) is 0 Å². The predicted octanol–water partition coefficient (Wildman–Crippen LogP) is 4.93. The molecule has 6 nitrogen and oxygen atoms in total. The zero-order valence-electron chi connectivity index (χ0n) is 20.9. The first-order chi connectivity index (χ1) is 17.1. The van der Waals surface area contributed by atoms with E-state index in [-0.39, 0.29) is 23.7 Å². The lowest BCUT2D eigenvalue weighted by molar-refractivity contribution is -0.137. The summed E-state index contributed by atoms with van der Waals surface area (Å²) in [4.78, 5) is 19.6. The molecule has 1 atom stereocenters. The van der Waals surface area contributed by atoms with Crippen molar-refractivity contribution in [2.75, 3.05) is 44.2 Å². The molecular weight excluding hydrogens is 443 g/mol. The number of hydrogen-bond acceptors (Lipinski definition) is 5. The maximum Gasteiger partial charge on any atom is 0.244 e. The van der Waals surface area contributed by atoms with Gasteiger partial charge in [0.15, 0.2) is 0 Å². The zero-order valence-corrected chi connectivity index (χ0v) is 20.9. The molecule has 1 aliphatic heterocycles. The van der Waals surface area contributed by atoms with Gasteiger partial charge in [-0.25, -0.2) is 4.39 Å². The number of amides is 1. The Labute approximate surface area is 208 Å². The highest BCUT2D eigenvalue weighted by Gasteiger charge is 2.33. The molecular formula is C28H37FN4O2. The van der Waals surface area contributed by atoms with Crippen molar-refractivity contribution in [2.45, 2.75) is 45.6 Å². The number of benzene rings is 2. The third kappa shape index (κ3) is 5.50. The molecule has 1 heterocycles. The smallest absolute Gasteiger partial charge is 0.244 e. The van der Waals surface area contributed by atoms with Crippen LogP contribution < -0.4 is 4.90 Å². The molecule has 2 aliphatic rings. The van der Waals surface area contributed by atoms with E-state index in [1.807, 2.05) is 60.0 Å². The van der Waals surface area contributed by atoms with Crippen LogP contribution in [0, 0.1) is 11.7 Å². The van der Waals surface area contributed by atoms with Gasteiger partial charge in [-0.1, -0.05) is 54.4 Å². The minimum absolute atomic E-state index is 0.118. The van der Waals surface area contributed by atoms with Gasteiger partial charge in [0.2, 0.25) is 5.91 Å². The summed E-state index contributed by atoms with van der Waals surface area (Å²) in [6, 6.07) is 14.8. The Morgan fingerprint density at radius 1 is 1.06 bits per heavy atom. The van der Waals surface area contributed by atoms with Crippen molar-refractivity contribution in [3.8, 4) is 0 Å². The molecule has 188 valence electrons. The fraction of sp³-hybridized carbons (Fsp3) is 0.500. The lowest BCUT2D eigenvalue weighted by Crippen LogP contribution is -2.52. The molecule has 1 unspecified atom stereocenters. The van der Waals surface area contributed by atoms with Crippen LogP contribution in [0.3, 0.4) is 0 Å². The van der Waals surface area contributed by atoms with Gasteiger partial charge in [0, 0.05) is 50.7 Å². The quantitative estimate of drug-likeness (QED) is 0.331. The van der Waals surface area contributed by atoms with Crippen LogP contribution in [0.4, 0.5) is 10.1 Å². The van der Waals surface area contributed by atoms with Gasteiger partial charge in [0.05, 0.1) is 11.4 Å². The molecule has 1 saturated carbocycles. The molecule has 4 rings (SSSR count). The summed E-state index contributed by atoms with van der Waals surface area (Å²) in [5.74, 6) is 0.0221. The molecule has 1 aliphatic carbocycles. The van der Waals surface area contributed by atoms with E-state index in [1.165, 1.54) is 6.07 Å². The number of rotatable bonds is 8. The number of carbonyl (C=O) groups excluding carboxylic acids is 1. The van der Waals surface area contributed by atoms with Gasteiger partial charge in [0.1, 0.15) is 11.9 Å².